The van der Waals surface area contributed by atoms with Gasteiger partial charge in [-0.3, -0.25) is 7.05 Å². The van der Waals surface area contributed by atoms with E-state index in [2.05, 4.69) is 26.8 Å². The molecule has 0 bridgehead atoms. The van der Waals surface area contributed by atoms with Crippen molar-refractivity contribution in [2.45, 2.75) is 6.42 Å². The molecular weight excluding hydrogens is 196 g/mol. The van der Waals surface area contributed by atoms with Gasteiger partial charge in [0.2, 0.25) is 0 Å². The Bertz CT molecular complexity index is 33.2. The second-order valence-electron chi connectivity index (χ2n) is 1.31. The first-order valence-corrected chi connectivity index (χ1v) is 2.93. The molecule has 0 rings (SSSR count). The van der Waals surface area contributed by atoms with Crippen LogP contribution >= 0.6 is 9.39 Å². The van der Waals surface area contributed by atoms with Gasteiger partial charge >= 0.3 is 0 Å². The third-order valence-corrected chi connectivity index (χ3v) is 0.963. The molecule has 1 unspecified atom stereocenters. The second kappa shape index (κ2) is 11.3. The molecule has 0 heterocycles. The van der Waals surface area contributed by atoms with Gasteiger partial charge in [-0.15, -0.1) is 0 Å². The molecule has 0 aromatic heterocycles. The van der Waals surface area contributed by atoms with Crippen LogP contribution in [-0.2, 0) is 32.7 Å². The van der Waals surface area contributed by atoms with Crippen LogP contribution in [0.3, 0.4) is 0 Å². The zero-order valence-corrected chi connectivity index (χ0v) is 8.98. The van der Waals surface area contributed by atoms with Gasteiger partial charge in [0.15, 0.2) is 0 Å². The van der Waals surface area contributed by atoms with Crippen molar-refractivity contribution in [3.05, 3.63) is 7.05 Å². The third-order valence-electron chi connectivity index (χ3n) is 0.675. The summed E-state index contributed by atoms with van der Waals surface area (Å²) in [6.45, 7) is 2.02. The molecule has 0 aromatic carbocycles. The van der Waals surface area contributed by atoms with Gasteiger partial charge in [0.05, 0.1) is 0 Å². The van der Waals surface area contributed by atoms with Crippen LogP contribution in [0.5, 0.6) is 0 Å². The molecule has 2 N–H and O–H groups in total. The Morgan fingerprint density at radius 1 is 1.38 bits per heavy atom. The predicted molar refractivity (Wildman–Crippen MR) is 35.7 cm³/mol. The number of hydrogen-bond acceptors (Lipinski definition) is 2. The van der Waals surface area contributed by atoms with E-state index in [1.165, 1.54) is 0 Å². The maximum Gasteiger partial charge on any atom is 0 e. The molecular formula is C4H12N2PY-. The molecule has 0 spiro atoms. The van der Waals surface area contributed by atoms with E-state index in [9.17, 15) is 0 Å². The zero-order chi connectivity index (χ0) is 5.54. The van der Waals surface area contributed by atoms with E-state index in [-0.39, 0.29) is 32.7 Å². The summed E-state index contributed by atoms with van der Waals surface area (Å²) >= 11 is 0. The van der Waals surface area contributed by atoms with E-state index in [1.807, 2.05) is 0 Å². The summed E-state index contributed by atoms with van der Waals surface area (Å²) in [5.41, 5.74) is 0. The Morgan fingerprint density at radius 2 is 2.00 bits per heavy atom. The maximum absolute atomic E-state index is 3.47. The molecule has 1 radical (unpaired) electrons. The minimum absolute atomic E-state index is 0. The van der Waals surface area contributed by atoms with Crippen LogP contribution in [0, 0.1) is 7.05 Å². The molecule has 0 aromatic rings. The quantitative estimate of drug-likeness (QED) is 0.390. The van der Waals surface area contributed by atoms with Crippen molar-refractivity contribution in [3.8, 4) is 0 Å². The largest absolute Gasteiger partial charge is 0.473 e. The van der Waals surface area contributed by atoms with Crippen molar-refractivity contribution < 1.29 is 32.7 Å². The van der Waals surface area contributed by atoms with E-state index in [0.717, 1.165) is 19.5 Å². The summed E-state index contributed by atoms with van der Waals surface area (Å²) in [4.78, 5) is 0. The summed E-state index contributed by atoms with van der Waals surface area (Å²) in [6.07, 6.45) is 1.13. The molecule has 4 heteroatoms. The summed E-state index contributed by atoms with van der Waals surface area (Å²) in [7, 11) is 5.92. The number of nitrogens with one attached hydrogen (secondary N) is 2. The first-order chi connectivity index (χ1) is 3.41. The third kappa shape index (κ3) is 10.4. The SMILES string of the molecule is [CH2-]NCCCNP.[Y]. The van der Waals surface area contributed by atoms with Crippen LogP contribution in [0.2, 0.25) is 0 Å². The molecule has 0 fully saturated rings. The van der Waals surface area contributed by atoms with Crippen LogP contribution in [0.25, 0.3) is 0 Å². The molecule has 2 nitrogen and oxygen atoms in total. The Labute approximate surface area is 78.7 Å². The van der Waals surface area contributed by atoms with E-state index in [0.29, 0.717) is 0 Å². The van der Waals surface area contributed by atoms with Crippen LogP contribution in [0.1, 0.15) is 6.42 Å². The summed E-state index contributed by atoms with van der Waals surface area (Å²) in [5.74, 6) is 0. The molecule has 0 aliphatic carbocycles. The second-order valence-corrected chi connectivity index (χ2v) is 1.72. The summed E-state index contributed by atoms with van der Waals surface area (Å²) < 4.78 is 0. The molecule has 0 aliphatic rings. The van der Waals surface area contributed by atoms with Crippen LogP contribution in [-0.4, -0.2) is 13.1 Å². The Morgan fingerprint density at radius 3 is 2.38 bits per heavy atom. The monoisotopic (exact) mass is 208 g/mol. The van der Waals surface area contributed by atoms with Crippen molar-refractivity contribution in [1.29, 1.82) is 0 Å². The summed E-state index contributed by atoms with van der Waals surface area (Å²) in [6, 6.07) is 0. The van der Waals surface area contributed by atoms with Crippen LogP contribution in [0.15, 0.2) is 0 Å². The van der Waals surface area contributed by atoms with Crippen LogP contribution < -0.4 is 10.4 Å². The molecule has 1 atom stereocenters. The topological polar surface area (TPSA) is 24.1 Å². The van der Waals surface area contributed by atoms with E-state index in [1.54, 1.807) is 0 Å². The maximum atomic E-state index is 3.47. The normalized spacial score (nSPS) is 8.25. The Balaban J connectivity index is 0. The van der Waals surface area contributed by atoms with Gasteiger partial charge in [-0.1, -0.05) is 9.39 Å². The standard InChI is InChI=1S/C4H12N2P.Y/c1-5-3-2-4-6-7;/h5-6H,1-4,7H2;/q-1;. The minimum Gasteiger partial charge on any atom is -0.473 e. The van der Waals surface area contributed by atoms with E-state index in [4.69, 9.17) is 0 Å². The minimum atomic E-state index is 0. The average Bonchev–Trinajstić information content (AvgIpc) is 1.69. The van der Waals surface area contributed by atoms with Gasteiger partial charge in [0, 0.05) is 32.7 Å². The van der Waals surface area contributed by atoms with Gasteiger partial charge in [0.25, 0.3) is 0 Å². The van der Waals surface area contributed by atoms with Crippen LogP contribution in [0.4, 0.5) is 0 Å². The molecule has 0 aliphatic heterocycles. The van der Waals surface area contributed by atoms with Crippen molar-refractivity contribution >= 4 is 9.39 Å². The van der Waals surface area contributed by atoms with Gasteiger partial charge in [0.1, 0.15) is 0 Å². The first kappa shape index (κ1) is 12.2. The fraction of sp³-hybridized carbons (Fsp3) is 0.750. The molecule has 47 valence electrons. The van der Waals surface area contributed by atoms with E-state index < -0.39 is 0 Å². The predicted octanol–water partition coefficient (Wildman–Crippen LogP) is 0.135. The van der Waals surface area contributed by atoms with Crippen molar-refractivity contribution in [3.63, 3.8) is 0 Å². The first-order valence-electron chi connectivity index (χ1n) is 2.35. The Kier molecular flexibility index (Phi) is 17.1. The Hall–Kier alpha value is 1.45. The molecule has 0 amide bonds. The van der Waals surface area contributed by atoms with Crippen molar-refractivity contribution in [2.24, 2.45) is 0 Å². The average molecular weight is 208 g/mol. The smallest absolute Gasteiger partial charge is 0 e. The fourth-order valence-corrected chi connectivity index (χ4v) is 0.520. The zero-order valence-electron chi connectivity index (χ0n) is 4.98. The van der Waals surface area contributed by atoms with E-state index >= 15 is 0 Å². The molecule has 0 saturated heterocycles. The number of rotatable bonds is 4. The summed E-state index contributed by atoms with van der Waals surface area (Å²) in [5, 5.41) is 5.75. The number of hydrogen-bond donors (Lipinski definition) is 2. The van der Waals surface area contributed by atoms with Gasteiger partial charge in [-0.25, -0.2) is 0 Å². The van der Waals surface area contributed by atoms with Gasteiger partial charge in [-0.05, 0) is 19.5 Å². The van der Waals surface area contributed by atoms with Gasteiger partial charge < -0.3 is 10.4 Å². The molecule has 8 heavy (non-hydrogen) atoms. The van der Waals surface area contributed by atoms with Gasteiger partial charge in [-0.2, -0.15) is 0 Å². The van der Waals surface area contributed by atoms with Crippen molar-refractivity contribution in [2.75, 3.05) is 13.1 Å². The fourth-order valence-electron chi connectivity index (χ4n) is 0.315. The van der Waals surface area contributed by atoms with Crippen molar-refractivity contribution in [1.82, 2.24) is 10.4 Å². The molecule has 0 saturated carbocycles.